The highest BCUT2D eigenvalue weighted by Crippen LogP contribution is 3.03. The van der Waals surface area contributed by atoms with Gasteiger partial charge in [-0.1, -0.05) is 0 Å². The summed E-state index contributed by atoms with van der Waals surface area (Å²) in [5.41, 5.74) is 0.364. The van der Waals surface area contributed by atoms with Crippen molar-refractivity contribution >= 4 is 11.8 Å². The van der Waals surface area contributed by atoms with Gasteiger partial charge in [-0.15, -0.1) is 0 Å². The van der Waals surface area contributed by atoms with E-state index in [1.165, 1.54) is 0 Å². The third-order valence-corrected chi connectivity index (χ3v) is 14.4. The Hall–Kier alpha value is -1.06. The van der Waals surface area contributed by atoms with Gasteiger partial charge in [-0.05, 0) is 107 Å². The maximum absolute atomic E-state index is 12.6. The van der Waals surface area contributed by atoms with Gasteiger partial charge in [-0.2, -0.15) is 0 Å². The molecule has 0 heterocycles. The Bertz CT molecular complexity index is 888. The van der Waals surface area contributed by atoms with Crippen molar-refractivity contribution in [1.82, 2.24) is 10.6 Å². The molecule has 4 nitrogen and oxygen atoms in total. The van der Waals surface area contributed by atoms with E-state index in [1.54, 1.807) is 13.8 Å². The van der Waals surface area contributed by atoms with Gasteiger partial charge in [-0.3, -0.25) is 9.59 Å². The third-order valence-electron chi connectivity index (χ3n) is 14.4. The molecule has 0 aromatic heterocycles. The zero-order valence-electron chi connectivity index (χ0n) is 16.2. The van der Waals surface area contributed by atoms with E-state index >= 15 is 0 Å². The van der Waals surface area contributed by atoms with Crippen LogP contribution in [0.25, 0.3) is 0 Å². The van der Waals surface area contributed by atoms with Crippen LogP contribution in [-0.2, 0) is 9.59 Å². The zero-order chi connectivity index (χ0) is 18.0. The second kappa shape index (κ2) is 3.03. The first-order valence-electron chi connectivity index (χ1n) is 12.1. The van der Waals surface area contributed by atoms with Crippen molar-refractivity contribution in [3.05, 3.63) is 0 Å². The summed E-state index contributed by atoms with van der Waals surface area (Å²) in [4.78, 5) is 25.1. The predicted molar refractivity (Wildman–Crippen MR) is 95.9 cm³/mol. The fourth-order valence-corrected chi connectivity index (χ4v) is 16.6. The summed E-state index contributed by atoms with van der Waals surface area (Å²) in [5.74, 6) is 16.2. The summed E-state index contributed by atoms with van der Waals surface area (Å²) < 4.78 is 0. The van der Waals surface area contributed by atoms with Crippen LogP contribution in [-0.4, -0.2) is 22.9 Å². The fourth-order valence-electron chi connectivity index (χ4n) is 16.6. The molecule has 12 aliphatic rings. The number of rotatable bonds is 2. The number of carbonyl (C=O) groups is 2. The van der Waals surface area contributed by atoms with Gasteiger partial charge >= 0.3 is 0 Å². The van der Waals surface area contributed by atoms with Crippen LogP contribution in [0.1, 0.15) is 13.8 Å². The molecule has 2 amide bonds. The molecular weight excluding hydrogens is 348 g/mol. The van der Waals surface area contributed by atoms with E-state index in [2.05, 4.69) is 10.6 Å². The lowest BCUT2D eigenvalue weighted by Gasteiger charge is -2.44. The molecule has 0 spiro atoms. The minimum absolute atomic E-state index is 0.182. The van der Waals surface area contributed by atoms with E-state index in [4.69, 9.17) is 0 Å². The quantitative estimate of drug-likeness (QED) is 0.757. The Morgan fingerprint density at radius 3 is 1.00 bits per heavy atom. The van der Waals surface area contributed by atoms with E-state index < -0.39 is 0 Å². The Kier molecular flexibility index (Phi) is 1.44. The molecule has 0 bridgehead atoms. The number of carbonyl (C=O) groups excluding carboxylic acids is 2. The Morgan fingerprint density at radius 2 is 0.714 bits per heavy atom. The lowest BCUT2D eigenvalue weighted by Crippen LogP contribution is -2.59. The first-order chi connectivity index (χ1) is 13.6. The SMILES string of the molecule is CC(=O)NC12C3C4C5C6C3C3C7C6C6C5C5C4C1C1C(C32)C7C6(NC(C)=O)C51. The summed E-state index contributed by atoms with van der Waals surface area (Å²) >= 11 is 0. The van der Waals surface area contributed by atoms with Crippen molar-refractivity contribution in [2.75, 3.05) is 0 Å². The van der Waals surface area contributed by atoms with Crippen LogP contribution in [0.2, 0.25) is 0 Å². The first-order valence-corrected chi connectivity index (χ1v) is 12.1. The molecule has 2 N–H and O–H groups in total. The van der Waals surface area contributed by atoms with Crippen molar-refractivity contribution in [2.24, 2.45) is 107 Å². The molecule has 12 atom stereocenters. The highest BCUT2D eigenvalue weighted by molar-refractivity contribution is 5.77. The molecule has 12 aliphatic carbocycles. The molecule has 4 heteroatoms. The summed E-state index contributed by atoms with van der Waals surface area (Å²) in [6.07, 6.45) is 0. The molecule has 0 radical (unpaired) electrons. The van der Waals surface area contributed by atoms with Crippen molar-refractivity contribution < 1.29 is 9.59 Å². The van der Waals surface area contributed by atoms with Gasteiger partial charge in [-0.25, -0.2) is 0 Å². The molecule has 12 fully saturated rings. The van der Waals surface area contributed by atoms with Gasteiger partial charge in [0.2, 0.25) is 11.8 Å². The molecule has 0 saturated heterocycles. The average Bonchev–Trinajstić information content (AvgIpc) is 3.29. The molecule has 12 unspecified atom stereocenters. The average molecular weight is 374 g/mol. The second-order valence-electron chi connectivity index (χ2n) is 13.3. The maximum atomic E-state index is 12.6. The number of hydrogen-bond acceptors (Lipinski definition) is 2. The molecule has 0 aromatic rings. The molecule has 144 valence electrons. The standard InChI is InChI=1S/C24H26N2O2/c1-3(27)25-23-17-7-5-6-8(17)12-14-10(6)18-9(5)13-11(7)19(23)15-16(20(12)23)22(14)24(18,21(13)15)26-4(2)28/h5-22H,1-2H3,(H,25,27)(H,26,28). The van der Waals surface area contributed by atoms with E-state index in [0.717, 1.165) is 107 Å². The van der Waals surface area contributed by atoms with E-state index in [9.17, 15) is 9.59 Å². The smallest absolute Gasteiger partial charge is 0.217 e. The van der Waals surface area contributed by atoms with Crippen LogP contribution in [0.5, 0.6) is 0 Å². The topological polar surface area (TPSA) is 58.2 Å². The van der Waals surface area contributed by atoms with Crippen LogP contribution in [0, 0.1) is 107 Å². The lowest BCUT2D eigenvalue weighted by atomic mass is 9.70. The highest BCUT2D eigenvalue weighted by atomic mass is 16.2. The molecule has 12 rings (SSSR count). The predicted octanol–water partition coefficient (Wildman–Crippen LogP) is 0.977. The number of hydrogen-bond donors (Lipinski definition) is 2. The lowest BCUT2D eigenvalue weighted by molar-refractivity contribution is -0.122. The minimum Gasteiger partial charge on any atom is -0.350 e. The minimum atomic E-state index is 0.182. The summed E-state index contributed by atoms with van der Waals surface area (Å²) in [7, 11) is 0. The Morgan fingerprint density at radius 1 is 0.464 bits per heavy atom. The Labute approximate surface area is 163 Å². The van der Waals surface area contributed by atoms with E-state index in [0.29, 0.717) is 0 Å². The molecule has 12 saturated carbocycles. The van der Waals surface area contributed by atoms with Crippen molar-refractivity contribution in [3.63, 3.8) is 0 Å². The van der Waals surface area contributed by atoms with Gasteiger partial charge in [0.1, 0.15) is 0 Å². The molecule has 0 aromatic carbocycles. The van der Waals surface area contributed by atoms with Crippen molar-refractivity contribution in [3.8, 4) is 0 Å². The fraction of sp³-hybridized carbons (Fsp3) is 0.917. The molecule has 0 aliphatic heterocycles. The summed E-state index contributed by atoms with van der Waals surface area (Å²) in [6.45, 7) is 3.58. The summed E-state index contributed by atoms with van der Waals surface area (Å²) in [6, 6.07) is 0. The Balaban J connectivity index is 1.31. The van der Waals surface area contributed by atoms with Crippen molar-refractivity contribution in [1.29, 1.82) is 0 Å². The second-order valence-corrected chi connectivity index (χ2v) is 13.3. The van der Waals surface area contributed by atoms with Crippen LogP contribution < -0.4 is 10.6 Å². The van der Waals surface area contributed by atoms with Gasteiger partial charge in [0, 0.05) is 13.8 Å². The number of amides is 2. The molecular formula is C24H26N2O2. The van der Waals surface area contributed by atoms with Crippen LogP contribution in [0.15, 0.2) is 0 Å². The van der Waals surface area contributed by atoms with Gasteiger partial charge in [0.05, 0.1) is 11.1 Å². The van der Waals surface area contributed by atoms with Crippen molar-refractivity contribution in [2.45, 2.75) is 24.9 Å². The van der Waals surface area contributed by atoms with Gasteiger partial charge < -0.3 is 10.6 Å². The highest BCUT2D eigenvalue weighted by Gasteiger charge is 3.04. The van der Waals surface area contributed by atoms with E-state index in [-0.39, 0.29) is 22.9 Å². The third kappa shape index (κ3) is 0.720. The molecule has 28 heavy (non-hydrogen) atoms. The monoisotopic (exact) mass is 374 g/mol. The normalized spacial score (nSPS) is 85.4. The van der Waals surface area contributed by atoms with Gasteiger partial charge in [0.15, 0.2) is 0 Å². The number of nitrogens with one attached hydrogen (secondary N) is 2. The van der Waals surface area contributed by atoms with E-state index in [1.807, 2.05) is 0 Å². The first kappa shape index (κ1) is 13.3. The zero-order valence-corrected chi connectivity index (χ0v) is 16.2. The summed E-state index contributed by atoms with van der Waals surface area (Å²) in [5, 5.41) is 7.54. The maximum Gasteiger partial charge on any atom is 0.217 e. The van der Waals surface area contributed by atoms with Crippen LogP contribution in [0.4, 0.5) is 0 Å². The largest absolute Gasteiger partial charge is 0.350 e. The van der Waals surface area contributed by atoms with Crippen LogP contribution in [0.3, 0.4) is 0 Å². The van der Waals surface area contributed by atoms with Gasteiger partial charge in [0.25, 0.3) is 0 Å². The van der Waals surface area contributed by atoms with Crippen LogP contribution >= 0.6 is 0 Å².